The zero-order valence-corrected chi connectivity index (χ0v) is 16.7. The first-order valence-corrected chi connectivity index (χ1v) is 10.7. The number of rotatable bonds is 6. The molecule has 2 aromatic carbocycles. The predicted molar refractivity (Wildman–Crippen MR) is 112 cm³/mol. The number of nitrogens with one attached hydrogen (secondary N) is 1. The molecule has 0 atom stereocenters. The molecule has 148 valence electrons. The Morgan fingerprint density at radius 2 is 1.90 bits per heavy atom. The number of pyridine rings is 1. The third kappa shape index (κ3) is 4.37. The maximum absolute atomic E-state index is 11.3. The first kappa shape index (κ1) is 19.3. The van der Waals surface area contributed by atoms with Crippen LogP contribution in [0.15, 0.2) is 65.8 Å². The molecule has 0 aliphatic rings. The van der Waals surface area contributed by atoms with E-state index in [0.29, 0.717) is 23.7 Å². The SMILES string of the molecule is NS(=O)(=O)c1ccc(-n2cc(CCNc3ccnc4cc(Cl)ccc34)nn2)cc1. The van der Waals surface area contributed by atoms with E-state index in [-0.39, 0.29) is 4.90 Å². The maximum atomic E-state index is 11.3. The molecule has 10 heteroatoms. The highest BCUT2D eigenvalue weighted by atomic mass is 35.5. The smallest absolute Gasteiger partial charge is 0.238 e. The Morgan fingerprint density at radius 1 is 1.10 bits per heavy atom. The summed E-state index contributed by atoms with van der Waals surface area (Å²) in [6, 6.07) is 13.7. The van der Waals surface area contributed by atoms with E-state index in [1.54, 1.807) is 29.2 Å². The second-order valence-corrected chi connectivity index (χ2v) is 8.39. The Balaban J connectivity index is 1.43. The first-order chi connectivity index (χ1) is 13.9. The van der Waals surface area contributed by atoms with E-state index in [9.17, 15) is 8.42 Å². The first-order valence-electron chi connectivity index (χ1n) is 8.73. The molecule has 0 bridgehead atoms. The number of halogens is 1. The van der Waals surface area contributed by atoms with E-state index in [1.165, 1.54) is 12.1 Å². The Bertz CT molecular complexity index is 1270. The van der Waals surface area contributed by atoms with Gasteiger partial charge in [-0.25, -0.2) is 18.2 Å². The number of hydrogen-bond donors (Lipinski definition) is 2. The molecule has 0 saturated carbocycles. The molecule has 29 heavy (non-hydrogen) atoms. The zero-order valence-electron chi connectivity index (χ0n) is 15.2. The standard InChI is InChI=1S/C19H17ClN6O2S/c20-13-1-6-17-18(8-10-23-19(17)11-13)22-9-7-14-12-26(25-24-14)15-2-4-16(5-3-15)29(21,27)28/h1-6,8,10-12H,7,9H2,(H,22,23)(H2,21,27,28). The summed E-state index contributed by atoms with van der Waals surface area (Å²) in [7, 11) is -3.72. The molecule has 0 spiro atoms. The van der Waals surface area contributed by atoms with Gasteiger partial charge in [-0.2, -0.15) is 0 Å². The van der Waals surface area contributed by atoms with Gasteiger partial charge in [-0.15, -0.1) is 5.10 Å². The average Bonchev–Trinajstić information content (AvgIpc) is 3.16. The van der Waals surface area contributed by atoms with E-state index in [4.69, 9.17) is 16.7 Å². The lowest BCUT2D eigenvalue weighted by Crippen LogP contribution is -2.12. The molecule has 0 saturated heterocycles. The van der Waals surface area contributed by atoms with Gasteiger partial charge in [-0.1, -0.05) is 16.8 Å². The minimum Gasteiger partial charge on any atom is -0.384 e. The van der Waals surface area contributed by atoms with Crippen molar-refractivity contribution in [2.24, 2.45) is 5.14 Å². The van der Waals surface area contributed by atoms with E-state index in [2.05, 4.69) is 20.6 Å². The molecular formula is C19H17ClN6O2S. The summed E-state index contributed by atoms with van der Waals surface area (Å²) in [6.07, 6.45) is 4.20. The number of hydrogen-bond acceptors (Lipinski definition) is 6. The van der Waals surface area contributed by atoms with Gasteiger partial charge in [0.1, 0.15) is 0 Å². The molecular weight excluding hydrogens is 412 g/mol. The molecule has 2 aromatic heterocycles. The highest BCUT2D eigenvalue weighted by Crippen LogP contribution is 2.24. The molecule has 0 amide bonds. The fourth-order valence-electron chi connectivity index (χ4n) is 2.93. The number of primary sulfonamides is 1. The molecule has 0 aliphatic carbocycles. The number of fused-ring (bicyclic) bond motifs is 1. The molecule has 4 aromatic rings. The van der Waals surface area contributed by atoms with Crippen molar-refractivity contribution in [3.63, 3.8) is 0 Å². The molecule has 3 N–H and O–H groups in total. The van der Waals surface area contributed by atoms with Gasteiger partial charge in [0, 0.05) is 35.3 Å². The third-order valence-electron chi connectivity index (χ3n) is 4.37. The van der Waals surface area contributed by atoms with Crippen LogP contribution in [0, 0.1) is 0 Å². The summed E-state index contributed by atoms with van der Waals surface area (Å²) in [5, 5.41) is 18.4. The van der Waals surface area contributed by atoms with Gasteiger partial charge < -0.3 is 5.32 Å². The quantitative estimate of drug-likeness (QED) is 0.487. The molecule has 2 heterocycles. The Labute approximate surface area is 172 Å². The number of sulfonamides is 1. The van der Waals surface area contributed by atoms with Gasteiger partial charge >= 0.3 is 0 Å². The lowest BCUT2D eigenvalue weighted by Gasteiger charge is -2.08. The number of anilines is 1. The van der Waals surface area contributed by atoms with Crippen molar-refractivity contribution in [1.29, 1.82) is 0 Å². The minimum atomic E-state index is -3.72. The van der Waals surface area contributed by atoms with Crippen molar-refractivity contribution in [3.8, 4) is 5.69 Å². The van der Waals surface area contributed by atoms with Crippen LogP contribution >= 0.6 is 11.6 Å². The summed E-state index contributed by atoms with van der Waals surface area (Å²) in [4.78, 5) is 4.38. The monoisotopic (exact) mass is 428 g/mol. The zero-order chi connectivity index (χ0) is 20.4. The van der Waals surface area contributed by atoms with E-state index in [0.717, 1.165) is 22.3 Å². The topological polar surface area (TPSA) is 116 Å². The number of aromatic nitrogens is 4. The molecule has 8 nitrogen and oxygen atoms in total. The summed E-state index contributed by atoms with van der Waals surface area (Å²) in [5.74, 6) is 0. The van der Waals surface area contributed by atoms with Crippen LogP contribution in [-0.4, -0.2) is 34.9 Å². The van der Waals surface area contributed by atoms with E-state index in [1.807, 2.05) is 24.3 Å². The van der Waals surface area contributed by atoms with Crippen LogP contribution in [0.25, 0.3) is 16.6 Å². The van der Waals surface area contributed by atoms with Gasteiger partial charge in [0.2, 0.25) is 10.0 Å². The third-order valence-corrected chi connectivity index (χ3v) is 5.54. The van der Waals surface area contributed by atoms with Gasteiger partial charge in [-0.05, 0) is 48.5 Å². The lowest BCUT2D eigenvalue weighted by atomic mass is 10.2. The largest absolute Gasteiger partial charge is 0.384 e. The summed E-state index contributed by atoms with van der Waals surface area (Å²) >= 11 is 6.03. The second-order valence-electron chi connectivity index (χ2n) is 6.39. The lowest BCUT2D eigenvalue weighted by molar-refractivity contribution is 0.598. The highest BCUT2D eigenvalue weighted by molar-refractivity contribution is 7.89. The van der Waals surface area contributed by atoms with Crippen LogP contribution in [0.3, 0.4) is 0 Å². The summed E-state index contributed by atoms with van der Waals surface area (Å²) in [6.45, 7) is 0.658. The van der Waals surface area contributed by atoms with Crippen LogP contribution in [0.2, 0.25) is 5.02 Å². The fraction of sp³-hybridized carbons (Fsp3) is 0.105. The molecule has 0 radical (unpaired) electrons. The van der Waals surface area contributed by atoms with Gasteiger partial charge in [0.15, 0.2) is 0 Å². The number of nitrogens with two attached hydrogens (primary N) is 1. The molecule has 4 rings (SSSR count). The second kappa shape index (κ2) is 7.78. The van der Waals surface area contributed by atoms with Gasteiger partial charge in [0.05, 0.1) is 28.0 Å². The summed E-state index contributed by atoms with van der Waals surface area (Å²) in [5.41, 5.74) is 3.30. The van der Waals surface area contributed by atoms with Gasteiger partial charge in [0.25, 0.3) is 0 Å². The van der Waals surface area contributed by atoms with Crippen molar-refractivity contribution in [3.05, 3.63) is 71.6 Å². The van der Waals surface area contributed by atoms with Crippen molar-refractivity contribution < 1.29 is 8.42 Å². The maximum Gasteiger partial charge on any atom is 0.238 e. The predicted octanol–water partition coefficient (Wildman–Crippen LogP) is 2.77. The van der Waals surface area contributed by atoms with E-state index < -0.39 is 10.0 Å². The van der Waals surface area contributed by atoms with Crippen LogP contribution in [0.5, 0.6) is 0 Å². The average molecular weight is 429 g/mol. The minimum absolute atomic E-state index is 0.0525. The van der Waals surface area contributed by atoms with Crippen molar-refractivity contribution in [1.82, 2.24) is 20.0 Å². The van der Waals surface area contributed by atoms with Gasteiger partial charge in [-0.3, -0.25) is 4.98 Å². The Hall–Kier alpha value is -3.01. The van der Waals surface area contributed by atoms with Crippen LogP contribution in [-0.2, 0) is 16.4 Å². The van der Waals surface area contributed by atoms with Crippen molar-refractivity contribution in [2.75, 3.05) is 11.9 Å². The number of nitrogens with zero attached hydrogens (tertiary/aromatic N) is 4. The van der Waals surface area contributed by atoms with Crippen molar-refractivity contribution in [2.45, 2.75) is 11.3 Å². The molecule has 0 fully saturated rings. The molecule has 0 aliphatic heterocycles. The fourth-order valence-corrected chi connectivity index (χ4v) is 3.61. The van der Waals surface area contributed by atoms with Crippen LogP contribution in [0.4, 0.5) is 5.69 Å². The van der Waals surface area contributed by atoms with Crippen LogP contribution in [0.1, 0.15) is 5.69 Å². The summed E-state index contributed by atoms with van der Waals surface area (Å²) < 4.78 is 24.3. The Morgan fingerprint density at radius 3 is 2.66 bits per heavy atom. The van der Waals surface area contributed by atoms with E-state index >= 15 is 0 Å². The normalized spacial score (nSPS) is 11.7. The highest BCUT2D eigenvalue weighted by Gasteiger charge is 2.09. The van der Waals surface area contributed by atoms with Crippen molar-refractivity contribution >= 4 is 38.2 Å². The molecule has 0 unspecified atom stereocenters. The Kier molecular flexibility index (Phi) is 5.18. The number of benzene rings is 2. The van der Waals surface area contributed by atoms with Crippen LogP contribution < -0.4 is 10.5 Å².